The predicted molar refractivity (Wildman–Crippen MR) is 84.4 cm³/mol. The summed E-state index contributed by atoms with van der Waals surface area (Å²) in [6.45, 7) is -3.23. The minimum Gasteiger partial charge on any atom is -0.416 e. The topological polar surface area (TPSA) is 83.2 Å². The zero-order valence-electron chi connectivity index (χ0n) is 12.6. The molecule has 2 aromatic rings. The smallest absolute Gasteiger partial charge is 0.388 e. The molecule has 0 radical (unpaired) electrons. The van der Waals surface area contributed by atoms with Crippen molar-refractivity contribution in [1.29, 1.82) is 0 Å². The SMILES string of the molecule is Cn1nc(-c2c(F)cc(Cl)c(=O)n2CS(C)(=O)=O)c(Cl)c1OC(F)F. The molecule has 25 heavy (non-hydrogen) atoms. The number of halogens is 5. The van der Waals surface area contributed by atoms with Crippen LogP contribution in [0.1, 0.15) is 0 Å². The Morgan fingerprint density at radius 1 is 1.36 bits per heavy atom. The number of aryl methyl sites for hydroxylation is 1. The normalized spacial score (nSPS) is 12.0. The second-order valence-electron chi connectivity index (χ2n) is 4.95. The fourth-order valence-electron chi connectivity index (χ4n) is 2.05. The Bertz CT molecular complexity index is 988. The lowest BCUT2D eigenvalue weighted by Crippen LogP contribution is -2.27. The zero-order valence-corrected chi connectivity index (χ0v) is 15.0. The van der Waals surface area contributed by atoms with Crippen molar-refractivity contribution in [2.45, 2.75) is 12.5 Å². The van der Waals surface area contributed by atoms with Gasteiger partial charge in [-0.3, -0.25) is 9.36 Å². The van der Waals surface area contributed by atoms with Gasteiger partial charge in [-0.1, -0.05) is 23.2 Å². The van der Waals surface area contributed by atoms with E-state index in [0.717, 1.165) is 10.9 Å². The maximum atomic E-state index is 14.4. The second kappa shape index (κ2) is 6.89. The highest BCUT2D eigenvalue weighted by Gasteiger charge is 2.27. The van der Waals surface area contributed by atoms with E-state index < -0.39 is 61.0 Å². The van der Waals surface area contributed by atoms with E-state index in [1.54, 1.807) is 0 Å². The Morgan fingerprint density at radius 3 is 2.48 bits per heavy atom. The fraction of sp³-hybridized carbons (Fsp3) is 0.333. The number of aromatic nitrogens is 3. The van der Waals surface area contributed by atoms with Gasteiger partial charge in [0.05, 0.1) is 0 Å². The van der Waals surface area contributed by atoms with Gasteiger partial charge in [0.25, 0.3) is 5.56 Å². The lowest BCUT2D eigenvalue weighted by atomic mass is 10.2. The van der Waals surface area contributed by atoms with E-state index in [1.807, 2.05) is 0 Å². The van der Waals surface area contributed by atoms with Gasteiger partial charge in [0, 0.05) is 19.4 Å². The van der Waals surface area contributed by atoms with Gasteiger partial charge in [0.1, 0.15) is 27.3 Å². The highest BCUT2D eigenvalue weighted by molar-refractivity contribution is 7.89. The Hall–Kier alpha value is -1.72. The van der Waals surface area contributed by atoms with Crippen LogP contribution in [0.4, 0.5) is 13.2 Å². The molecule has 7 nitrogen and oxygen atoms in total. The molecule has 0 saturated carbocycles. The van der Waals surface area contributed by atoms with E-state index in [9.17, 15) is 26.4 Å². The first-order valence-corrected chi connectivity index (χ1v) is 9.18. The van der Waals surface area contributed by atoms with E-state index in [2.05, 4.69) is 9.84 Å². The van der Waals surface area contributed by atoms with Crippen LogP contribution in [0.3, 0.4) is 0 Å². The molecule has 0 spiro atoms. The summed E-state index contributed by atoms with van der Waals surface area (Å²) in [6.07, 6.45) is 0.813. The van der Waals surface area contributed by atoms with Crippen LogP contribution in [-0.4, -0.2) is 35.6 Å². The van der Waals surface area contributed by atoms with Gasteiger partial charge >= 0.3 is 6.61 Å². The minimum absolute atomic E-state index is 0.449. The van der Waals surface area contributed by atoms with E-state index >= 15 is 0 Å². The first kappa shape index (κ1) is 19.6. The number of hydrogen-bond acceptors (Lipinski definition) is 5. The third kappa shape index (κ3) is 4.10. The predicted octanol–water partition coefficient (Wildman–Crippen LogP) is 2.30. The molecule has 0 amide bonds. The number of ether oxygens (including phenoxy) is 1. The molecule has 0 atom stereocenters. The average Bonchev–Trinajstić information content (AvgIpc) is 2.71. The third-order valence-electron chi connectivity index (χ3n) is 2.93. The summed E-state index contributed by atoms with van der Waals surface area (Å²) in [4.78, 5) is 12.1. The van der Waals surface area contributed by atoms with Crippen molar-refractivity contribution in [2.75, 3.05) is 6.26 Å². The van der Waals surface area contributed by atoms with Crippen molar-refractivity contribution < 1.29 is 26.3 Å². The number of nitrogens with zero attached hydrogens (tertiary/aromatic N) is 3. The van der Waals surface area contributed by atoms with Crippen molar-refractivity contribution in [1.82, 2.24) is 14.3 Å². The van der Waals surface area contributed by atoms with Gasteiger partial charge in [-0.25, -0.2) is 17.5 Å². The highest BCUT2D eigenvalue weighted by Crippen LogP contribution is 2.36. The Balaban J connectivity index is 2.80. The third-order valence-corrected chi connectivity index (χ3v) is 4.27. The molecule has 2 heterocycles. The van der Waals surface area contributed by atoms with Gasteiger partial charge < -0.3 is 4.74 Å². The van der Waals surface area contributed by atoms with Crippen molar-refractivity contribution in [2.24, 2.45) is 7.05 Å². The largest absolute Gasteiger partial charge is 0.416 e. The van der Waals surface area contributed by atoms with Crippen LogP contribution < -0.4 is 10.3 Å². The molecule has 0 aliphatic heterocycles. The summed E-state index contributed by atoms with van der Waals surface area (Å²) < 4.78 is 67.9. The Morgan fingerprint density at radius 2 is 1.96 bits per heavy atom. The van der Waals surface area contributed by atoms with E-state index in [0.29, 0.717) is 10.6 Å². The second-order valence-corrected chi connectivity index (χ2v) is 7.84. The monoisotopic (exact) mass is 419 g/mol. The molecule has 0 aromatic carbocycles. The minimum atomic E-state index is -3.79. The molecular weight excluding hydrogens is 410 g/mol. The summed E-state index contributed by atoms with van der Waals surface area (Å²) in [6, 6.07) is 0.649. The summed E-state index contributed by atoms with van der Waals surface area (Å²) in [5, 5.41) is 2.65. The average molecular weight is 420 g/mol. The first-order valence-electron chi connectivity index (χ1n) is 6.36. The lowest BCUT2D eigenvalue weighted by molar-refractivity contribution is -0.0552. The fourth-order valence-corrected chi connectivity index (χ4v) is 3.25. The molecule has 0 saturated heterocycles. The summed E-state index contributed by atoms with van der Waals surface area (Å²) >= 11 is 11.5. The van der Waals surface area contributed by atoms with Gasteiger partial charge in [-0.2, -0.15) is 13.9 Å². The molecule has 2 aromatic heterocycles. The van der Waals surface area contributed by atoms with Crippen LogP contribution in [0.25, 0.3) is 11.4 Å². The van der Waals surface area contributed by atoms with Gasteiger partial charge in [-0.15, -0.1) is 0 Å². The van der Waals surface area contributed by atoms with E-state index in [4.69, 9.17) is 23.2 Å². The summed E-state index contributed by atoms with van der Waals surface area (Å²) in [5.74, 6) is -2.62. The molecule has 0 N–H and O–H groups in total. The molecule has 2 rings (SSSR count). The van der Waals surface area contributed by atoms with Gasteiger partial charge in [0.2, 0.25) is 5.88 Å². The molecule has 0 aliphatic carbocycles. The number of alkyl halides is 2. The molecular formula is C12H10Cl2F3N3O4S. The zero-order chi connectivity index (χ0) is 19.1. The number of pyridine rings is 1. The quantitative estimate of drug-likeness (QED) is 0.742. The number of sulfone groups is 1. The molecule has 0 unspecified atom stereocenters. The van der Waals surface area contributed by atoms with E-state index in [1.165, 1.54) is 7.05 Å². The Labute approximate surface area is 149 Å². The number of hydrogen-bond donors (Lipinski definition) is 0. The van der Waals surface area contributed by atoms with E-state index in [-0.39, 0.29) is 0 Å². The Kier molecular flexibility index (Phi) is 5.40. The standard InChI is InChI=1S/C12H10Cl2F3N3O4S/c1-19-11(24-12(16)17)7(14)8(18-19)9-6(15)3-5(13)10(21)20(9)4-25(2,22)23/h3,12H,4H2,1-2H3. The van der Waals surface area contributed by atoms with Crippen LogP contribution in [0, 0.1) is 5.82 Å². The lowest BCUT2D eigenvalue weighted by Gasteiger charge is -2.12. The van der Waals surface area contributed by atoms with Crippen LogP contribution in [-0.2, 0) is 22.8 Å². The van der Waals surface area contributed by atoms with Crippen molar-refractivity contribution in [3.63, 3.8) is 0 Å². The molecule has 0 aliphatic rings. The molecule has 138 valence electrons. The van der Waals surface area contributed by atoms with Crippen molar-refractivity contribution in [3.05, 3.63) is 32.3 Å². The van der Waals surface area contributed by atoms with Gasteiger partial charge in [-0.05, 0) is 0 Å². The van der Waals surface area contributed by atoms with Crippen molar-refractivity contribution >= 4 is 33.0 Å². The van der Waals surface area contributed by atoms with Crippen LogP contribution in [0.2, 0.25) is 10.0 Å². The highest BCUT2D eigenvalue weighted by atomic mass is 35.5. The molecule has 13 heteroatoms. The first-order chi connectivity index (χ1) is 11.4. The van der Waals surface area contributed by atoms with Crippen molar-refractivity contribution in [3.8, 4) is 17.3 Å². The summed E-state index contributed by atoms with van der Waals surface area (Å²) in [7, 11) is -2.60. The van der Waals surface area contributed by atoms with Crippen LogP contribution >= 0.6 is 23.2 Å². The van der Waals surface area contributed by atoms with Crippen LogP contribution in [0.15, 0.2) is 10.9 Å². The number of rotatable bonds is 5. The van der Waals surface area contributed by atoms with Gasteiger partial charge in [0.15, 0.2) is 15.7 Å². The summed E-state index contributed by atoms with van der Waals surface area (Å²) in [5.41, 5.74) is -2.08. The molecule has 0 bridgehead atoms. The maximum Gasteiger partial charge on any atom is 0.388 e. The van der Waals surface area contributed by atoms with Crippen LogP contribution in [0.5, 0.6) is 5.88 Å². The molecule has 0 fully saturated rings. The maximum absolute atomic E-state index is 14.4.